The largest absolute Gasteiger partial charge is 0.433 e. The van der Waals surface area contributed by atoms with Gasteiger partial charge in [0.15, 0.2) is 5.16 Å². The van der Waals surface area contributed by atoms with E-state index < -0.39 is 11.9 Å². The highest BCUT2D eigenvalue weighted by molar-refractivity contribution is 7.99. The van der Waals surface area contributed by atoms with E-state index in [9.17, 15) is 18.0 Å². The average molecular weight is 341 g/mol. The van der Waals surface area contributed by atoms with Crippen molar-refractivity contribution in [2.45, 2.75) is 25.2 Å². The molecular formula is C15H14F3N3OS. The van der Waals surface area contributed by atoms with Crippen molar-refractivity contribution in [3.05, 3.63) is 47.3 Å². The number of alkyl halides is 3. The third kappa shape index (κ3) is 4.95. The number of carbonyl (C=O) groups excluding carboxylic acids is 1. The number of halogens is 3. The molecule has 23 heavy (non-hydrogen) atoms. The van der Waals surface area contributed by atoms with Crippen molar-refractivity contribution < 1.29 is 18.0 Å². The van der Waals surface area contributed by atoms with Crippen molar-refractivity contribution in [1.29, 1.82) is 0 Å². The van der Waals surface area contributed by atoms with E-state index in [0.717, 1.165) is 35.2 Å². The maximum Gasteiger partial charge on any atom is 0.433 e. The molecule has 0 bridgehead atoms. The fourth-order valence-electron chi connectivity index (χ4n) is 1.76. The number of rotatable bonds is 4. The van der Waals surface area contributed by atoms with Gasteiger partial charge in [-0.25, -0.2) is 9.97 Å². The van der Waals surface area contributed by atoms with Gasteiger partial charge in [0.25, 0.3) is 0 Å². The van der Waals surface area contributed by atoms with Crippen LogP contribution in [-0.2, 0) is 11.0 Å². The van der Waals surface area contributed by atoms with Gasteiger partial charge >= 0.3 is 6.18 Å². The van der Waals surface area contributed by atoms with Crippen molar-refractivity contribution in [3.63, 3.8) is 0 Å². The van der Waals surface area contributed by atoms with Gasteiger partial charge in [-0.15, -0.1) is 0 Å². The first kappa shape index (κ1) is 17.3. The summed E-state index contributed by atoms with van der Waals surface area (Å²) >= 11 is 0.854. The molecule has 2 aromatic rings. The van der Waals surface area contributed by atoms with Crippen molar-refractivity contribution in [3.8, 4) is 0 Å². The summed E-state index contributed by atoms with van der Waals surface area (Å²) in [6.07, 6.45) is -3.50. The number of carbonyl (C=O) groups is 1. The second kappa shape index (κ2) is 6.99. The summed E-state index contributed by atoms with van der Waals surface area (Å²) in [5.74, 6) is -0.404. The third-order valence-electron chi connectivity index (χ3n) is 2.92. The summed E-state index contributed by atoms with van der Waals surface area (Å²) in [7, 11) is 0. The van der Waals surface area contributed by atoms with Crippen LogP contribution in [0.4, 0.5) is 18.9 Å². The molecule has 0 saturated carbocycles. The molecule has 0 aliphatic carbocycles. The first-order chi connectivity index (χ1) is 10.8. The van der Waals surface area contributed by atoms with Crippen LogP contribution in [0.3, 0.4) is 0 Å². The van der Waals surface area contributed by atoms with Gasteiger partial charge in [0.2, 0.25) is 5.91 Å². The number of nitrogens with one attached hydrogen (secondary N) is 1. The van der Waals surface area contributed by atoms with E-state index in [4.69, 9.17) is 0 Å². The second-order valence-electron chi connectivity index (χ2n) is 4.88. The molecule has 0 spiro atoms. The maximum atomic E-state index is 12.6. The number of nitrogens with zero attached hydrogens (tertiary/aromatic N) is 2. The highest BCUT2D eigenvalue weighted by Gasteiger charge is 2.32. The zero-order valence-corrected chi connectivity index (χ0v) is 13.3. The SMILES string of the molecule is Cc1ccc(C)c(NC(=O)CSc2nccc(C(F)(F)F)n2)c1. The Morgan fingerprint density at radius 2 is 2.00 bits per heavy atom. The van der Waals surface area contributed by atoms with Crippen molar-refractivity contribution in [2.24, 2.45) is 0 Å². The molecule has 2 rings (SSSR count). The van der Waals surface area contributed by atoms with Crippen LogP contribution >= 0.6 is 11.8 Å². The van der Waals surface area contributed by atoms with E-state index >= 15 is 0 Å². The molecule has 0 saturated heterocycles. The first-order valence-corrected chi connectivity index (χ1v) is 7.64. The van der Waals surface area contributed by atoms with Crippen LogP contribution < -0.4 is 5.32 Å². The molecule has 0 unspecified atom stereocenters. The van der Waals surface area contributed by atoms with Crippen LogP contribution in [0.2, 0.25) is 0 Å². The minimum Gasteiger partial charge on any atom is -0.325 e. The number of hydrogen-bond acceptors (Lipinski definition) is 4. The van der Waals surface area contributed by atoms with Crippen molar-refractivity contribution in [1.82, 2.24) is 9.97 Å². The smallest absolute Gasteiger partial charge is 0.325 e. The Bertz CT molecular complexity index is 719. The molecule has 1 amide bonds. The molecule has 1 aromatic heterocycles. The molecule has 8 heteroatoms. The van der Waals surface area contributed by atoms with Crippen LogP contribution in [0.15, 0.2) is 35.6 Å². The topological polar surface area (TPSA) is 54.9 Å². The summed E-state index contributed by atoms with van der Waals surface area (Å²) in [6.45, 7) is 3.76. The van der Waals surface area contributed by atoms with Crippen LogP contribution in [0.25, 0.3) is 0 Å². The highest BCUT2D eigenvalue weighted by Crippen LogP contribution is 2.28. The zero-order chi connectivity index (χ0) is 17.0. The predicted octanol–water partition coefficient (Wildman–Crippen LogP) is 3.84. The fraction of sp³-hybridized carbons (Fsp3) is 0.267. The fourth-order valence-corrected chi connectivity index (χ4v) is 2.39. The Balaban J connectivity index is 1.98. The minimum absolute atomic E-state index is 0.0747. The Morgan fingerprint density at radius 1 is 1.26 bits per heavy atom. The summed E-state index contributed by atoms with van der Waals surface area (Å²) in [6, 6.07) is 6.43. The molecule has 1 aromatic carbocycles. The van der Waals surface area contributed by atoms with E-state index in [0.29, 0.717) is 5.69 Å². The van der Waals surface area contributed by atoms with Crippen LogP contribution in [0.5, 0.6) is 0 Å². The van der Waals surface area contributed by atoms with E-state index in [1.807, 2.05) is 32.0 Å². The first-order valence-electron chi connectivity index (χ1n) is 6.66. The number of amides is 1. The Kier molecular flexibility index (Phi) is 5.25. The molecule has 1 heterocycles. The van der Waals surface area contributed by atoms with Gasteiger partial charge in [-0.2, -0.15) is 13.2 Å². The quantitative estimate of drug-likeness (QED) is 0.678. The molecule has 0 atom stereocenters. The summed E-state index contributed by atoms with van der Waals surface area (Å²) < 4.78 is 37.7. The molecule has 122 valence electrons. The summed E-state index contributed by atoms with van der Waals surface area (Å²) in [4.78, 5) is 19.1. The van der Waals surface area contributed by atoms with Gasteiger partial charge in [-0.3, -0.25) is 4.79 Å². The molecule has 0 fully saturated rings. The minimum atomic E-state index is -4.53. The molecule has 0 aliphatic heterocycles. The number of hydrogen-bond donors (Lipinski definition) is 1. The van der Waals surface area contributed by atoms with Gasteiger partial charge in [0.1, 0.15) is 5.69 Å². The lowest BCUT2D eigenvalue weighted by Gasteiger charge is -2.09. The third-order valence-corrected chi connectivity index (χ3v) is 3.78. The predicted molar refractivity (Wildman–Crippen MR) is 82.3 cm³/mol. The number of thioether (sulfide) groups is 1. The molecule has 0 radical (unpaired) electrons. The van der Waals surface area contributed by atoms with Gasteiger partial charge in [0, 0.05) is 11.9 Å². The number of benzene rings is 1. The Labute approximate surface area is 135 Å². The lowest BCUT2D eigenvalue weighted by atomic mass is 10.1. The van der Waals surface area contributed by atoms with Crippen molar-refractivity contribution >= 4 is 23.4 Å². The molecule has 0 aliphatic rings. The van der Waals surface area contributed by atoms with E-state index in [2.05, 4.69) is 15.3 Å². The van der Waals surface area contributed by atoms with E-state index in [-0.39, 0.29) is 16.8 Å². The van der Waals surface area contributed by atoms with E-state index in [1.165, 1.54) is 0 Å². The normalized spacial score (nSPS) is 11.3. The lowest BCUT2D eigenvalue weighted by Crippen LogP contribution is -2.15. The second-order valence-corrected chi connectivity index (χ2v) is 5.82. The lowest BCUT2D eigenvalue weighted by molar-refractivity contribution is -0.141. The van der Waals surface area contributed by atoms with Gasteiger partial charge < -0.3 is 5.32 Å². The number of aromatic nitrogens is 2. The standard InChI is InChI=1S/C15H14F3N3OS/c1-9-3-4-10(2)11(7-9)20-13(22)8-23-14-19-6-5-12(21-14)15(16,17)18/h3-7H,8H2,1-2H3,(H,20,22). The average Bonchev–Trinajstić information content (AvgIpc) is 2.48. The van der Waals surface area contributed by atoms with Crippen molar-refractivity contribution in [2.75, 3.05) is 11.1 Å². The van der Waals surface area contributed by atoms with Crippen LogP contribution in [-0.4, -0.2) is 21.6 Å². The van der Waals surface area contributed by atoms with Crippen LogP contribution in [0.1, 0.15) is 16.8 Å². The molecular weight excluding hydrogens is 327 g/mol. The highest BCUT2D eigenvalue weighted by atomic mass is 32.2. The summed E-state index contributed by atoms with van der Waals surface area (Å²) in [5, 5.41) is 2.64. The van der Waals surface area contributed by atoms with Gasteiger partial charge in [0.05, 0.1) is 5.75 Å². The van der Waals surface area contributed by atoms with Gasteiger partial charge in [-0.1, -0.05) is 23.9 Å². The molecule has 4 nitrogen and oxygen atoms in total. The van der Waals surface area contributed by atoms with Crippen LogP contribution in [0, 0.1) is 13.8 Å². The number of aryl methyl sites for hydroxylation is 2. The Hall–Kier alpha value is -2.09. The number of anilines is 1. The zero-order valence-electron chi connectivity index (χ0n) is 12.4. The summed E-state index contributed by atoms with van der Waals surface area (Å²) in [5.41, 5.74) is 1.56. The Morgan fingerprint density at radius 3 is 2.70 bits per heavy atom. The maximum absolute atomic E-state index is 12.6. The molecule has 1 N–H and O–H groups in total. The van der Waals surface area contributed by atoms with E-state index in [1.54, 1.807) is 0 Å². The van der Waals surface area contributed by atoms with Gasteiger partial charge in [-0.05, 0) is 37.1 Å². The monoisotopic (exact) mass is 341 g/mol.